The fourth-order valence-electron chi connectivity index (χ4n) is 2.55. The van der Waals surface area contributed by atoms with Gasteiger partial charge in [-0.1, -0.05) is 37.6 Å². The SMILES string of the molecule is CCC(CC)N(C)CC(O)c1cc(C)ccc1C. The molecule has 1 unspecified atom stereocenters. The Morgan fingerprint density at radius 1 is 1.17 bits per heavy atom. The van der Waals surface area contributed by atoms with Gasteiger partial charge in [0.05, 0.1) is 6.10 Å². The van der Waals surface area contributed by atoms with Crippen LogP contribution in [0.3, 0.4) is 0 Å². The number of likely N-dealkylation sites (N-methyl/N-ethyl adjacent to an activating group) is 1. The predicted octanol–water partition coefficient (Wildman–Crippen LogP) is 3.46. The molecule has 0 heterocycles. The molecular weight excluding hydrogens is 222 g/mol. The van der Waals surface area contributed by atoms with Crippen molar-refractivity contribution < 1.29 is 5.11 Å². The Morgan fingerprint density at radius 3 is 2.33 bits per heavy atom. The Hall–Kier alpha value is -0.860. The first kappa shape index (κ1) is 15.2. The normalized spacial score (nSPS) is 13.3. The summed E-state index contributed by atoms with van der Waals surface area (Å²) in [6.07, 6.45) is 1.87. The standard InChI is InChI=1S/C16H27NO/c1-6-14(7-2)17(5)11-16(18)15-10-12(3)8-9-13(15)4/h8-10,14,16,18H,6-7,11H2,1-5H3. The summed E-state index contributed by atoms with van der Waals surface area (Å²) in [6, 6.07) is 6.84. The van der Waals surface area contributed by atoms with Gasteiger partial charge in [-0.05, 0) is 44.9 Å². The van der Waals surface area contributed by atoms with Gasteiger partial charge in [0, 0.05) is 12.6 Å². The minimum Gasteiger partial charge on any atom is -0.387 e. The van der Waals surface area contributed by atoms with Crippen LogP contribution in [0.25, 0.3) is 0 Å². The van der Waals surface area contributed by atoms with E-state index in [2.05, 4.69) is 57.8 Å². The molecule has 2 nitrogen and oxygen atoms in total. The van der Waals surface area contributed by atoms with Crippen molar-refractivity contribution in [3.63, 3.8) is 0 Å². The number of nitrogens with zero attached hydrogens (tertiary/aromatic N) is 1. The van der Waals surface area contributed by atoms with E-state index in [0.717, 1.165) is 18.4 Å². The zero-order valence-corrected chi connectivity index (χ0v) is 12.4. The molecule has 0 spiro atoms. The largest absolute Gasteiger partial charge is 0.387 e. The van der Waals surface area contributed by atoms with Crippen LogP contribution < -0.4 is 0 Å². The average molecular weight is 249 g/mol. The number of benzene rings is 1. The molecule has 0 aromatic heterocycles. The fourth-order valence-corrected chi connectivity index (χ4v) is 2.55. The molecule has 0 amide bonds. The molecule has 1 aromatic rings. The highest BCUT2D eigenvalue weighted by Crippen LogP contribution is 2.21. The monoisotopic (exact) mass is 249 g/mol. The van der Waals surface area contributed by atoms with Crippen molar-refractivity contribution in [2.75, 3.05) is 13.6 Å². The van der Waals surface area contributed by atoms with Crippen LogP contribution in [0, 0.1) is 13.8 Å². The Kier molecular flexibility index (Phi) is 5.83. The Bertz CT molecular complexity index is 371. The molecule has 0 aliphatic heterocycles. The summed E-state index contributed by atoms with van der Waals surface area (Å²) < 4.78 is 0. The van der Waals surface area contributed by atoms with Crippen LogP contribution in [0.5, 0.6) is 0 Å². The summed E-state index contributed by atoms with van der Waals surface area (Å²) in [5, 5.41) is 10.4. The van der Waals surface area contributed by atoms with E-state index in [1.54, 1.807) is 0 Å². The number of aliphatic hydroxyl groups is 1. The molecule has 102 valence electrons. The van der Waals surface area contributed by atoms with Crippen molar-refractivity contribution in [1.82, 2.24) is 4.90 Å². The van der Waals surface area contributed by atoms with Gasteiger partial charge < -0.3 is 10.0 Å². The van der Waals surface area contributed by atoms with Crippen LogP contribution in [-0.2, 0) is 0 Å². The number of rotatable bonds is 6. The molecular formula is C16H27NO. The zero-order valence-electron chi connectivity index (χ0n) is 12.4. The molecule has 0 saturated heterocycles. The lowest BCUT2D eigenvalue weighted by Gasteiger charge is -2.28. The third kappa shape index (κ3) is 3.82. The van der Waals surface area contributed by atoms with Gasteiger partial charge in [0.15, 0.2) is 0 Å². The highest BCUT2D eigenvalue weighted by Gasteiger charge is 2.17. The van der Waals surface area contributed by atoms with Gasteiger partial charge in [-0.25, -0.2) is 0 Å². The number of aliphatic hydroxyl groups excluding tert-OH is 1. The first-order chi connectivity index (χ1) is 8.49. The van der Waals surface area contributed by atoms with Crippen molar-refractivity contribution >= 4 is 0 Å². The Morgan fingerprint density at radius 2 is 1.78 bits per heavy atom. The van der Waals surface area contributed by atoms with Gasteiger partial charge in [0.25, 0.3) is 0 Å². The molecule has 0 aliphatic rings. The van der Waals surface area contributed by atoms with E-state index in [1.807, 2.05) is 0 Å². The van der Waals surface area contributed by atoms with E-state index in [0.29, 0.717) is 12.6 Å². The first-order valence-corrected chi connectivity index (χ1v) is 6.95. The molecule has 0 aliphatic carbocycles. The second-order valence-corrected chi connectivity index (χ2v) is 5.29. The quantitative estimate of drug-likeness (QED) is 0.834. The van der Waals surface area contributed by atoms with Crippen LogP contribution in [-0.4, -0.2) is 29.6 Å². The first-order valence-electron chi connectivity index (χ1n) is 6.95. The average Bonchev–Trinajstić information content (AvgIpc) is 2.33. The smallest absolute Gasteiger partial charge is 0.0919 e. The second kappa shape index (κ2) is 6.91. The lowest BCUT2D eigenvalue weighted by atomic mass is 10.00. The van der Waals surface area contributed by atoms with Gasteiger partial charge in [-0.15, -0.1) is 0 Å². The van der Waals surface area contributed by atoms with E-state index in [4.69, 9.17) is 0 Å². The fraction of sp³-hybridized carbons (Fsp3) is 0.625. The summed E-state index contributed by atoms with van der Waals surface area (Å²) in [5.74, 6) is 0. The molecule has 0 radical (unpaired) electrons. The molecule has 18 heavy (non-hydrogen) atoms. The maximum atomic E-state index is 10.4. The van der Waals surface area contributed by atoms with Crippen LogP contribution in [0.1, 0.15) is 49.5 Å². The van der Waals surface area contributed by atoms with E-state index in [-0.39, 0.29) is 0 Å². The van der Waals surface area contributed by atoms with Crippen molar-refractivity contribution in [2.24, 2.45) is 0 Å². The van der Waals surface area contributed by atoms with E-state index >= 15 is 0 Å². The maximum absolute atomic E-state index is 10.4. The van der Waals surface area contributed by atoms with Gasteiger partial charge in [0.2, 0.25) is 0 Å². The molecule has 2 heteroatoms. The van der Waals surface area contributed by atoms with Crippen LogP contribution in [0.2, 0.25) is 0 Å². The van der Waals surface area contributed by atoms with Crippen molar-refractivity contribution in [2.45, 2.75) is 52.7 Å². The second-order valence-electron chi connectivity index (χ2n) is 5.29. The molecule has 0 saturated carbocycles. The minimum absolute atomic E-state index is 0.393. The summed E-state index contributed by atoms with van der Waals surface area (Å²) in [7, 11) is 2.10. The van der Waals surface area contributed by atoms with Gasteiger partial charge >= 0.3 is 0 Å². The zero-order chi connectivity index (χ0) is 13.7. The summed E-state index contributed by atoms with van der Waals surface area (Å²) in [6.45, 7) is 9.25. The molecule has 0 bridgehead atoms. The molecule has 0 fully saturated rings. The lowest BCUT2D eigenvalue weighted by Crippen LogP contribution is -2.34. The maximum Gasteiger partial charge on any atom is 0.0919 e. The van der Waals surface area contributed by atoms with Crippen LogP contribution in [0.15, 0.2) is 18.2 Å². The molecule has 1 rings (SSSR count). The van der Waals surface area contributed by atoms with E-state index < -0.39 is 6.10 Å². The summed E-state index contributed by atoms with van der Waals surface area (Å²) >= 11 is 0. The lowest BCUT2D eigenvalue weighted by molar-refractivity contribution is 0.101. The minimum atomic E-state index is -0.393. The molecule has 1 atom stereocenters. The summed E-state index contributed by atoms with van der Waals surface area (Å²) in [4.78, 5) is 2.27. The third-order valence-corrected chi connectivity index (χ3v) is 3.82. The third-order valence-electron chi connectivity index (χ3n) is 3.82. The van der Waals surface area contributed by atoms with Crippen molar-refractivity contribution in [1.29, 1.82) is 0 Å². The van der Waals surface area contributed by atoms with Gasteiger partial charge in [0.1, 0.15) is 0 Å². The number of hydrogen-bond donors (Lipinski definition) is 1. The predicted molar refractivity (Wildman–Crippen MR) is 77.9 cm³/mol. The number of hydrogen-bond acceptors (Lipinski definition) is 2. The number of aryl methyl sites for hydroxylation is 2. The topological polar surface area (TPSA) is 23.5 Å². The summed E-state index contributed by atoms with van der Waals surface area (Å²) in [5.41, 5.74) is 3.44. The van der Waals surface area contributed by atoms with Crippen LogP contribution in [0.4, 0.5) is 0 Å². The van der Waals surface area contributed by atoms with Crippen molar-refractivity contribution in [3.05, 3.63) is 34.9 Å². The van der Waals surface area contributed by atoms with Gasteiger partial charge in [-0.2, -0.15) is 0 Å². The highest BCUT2D eigenvalue weighted by molar-refractivity contribution is 5.32. The molecule has 1 aromatic carbocycles. The van der Waals surface area contributed by atoms with Crippen LogP contribution >= 0.6 is 0 Å². The molecule has 1 N–H and O–H groups in total. The highest BCUT2D eigenvalue weighted by atomic mass is 16.3. The van der Waals surface area contributed by atoms with E-state index in [9.17, 15) is 5.11 Å². The van der Waals surface area contributed by atoms with E-state index in [1.165, 1.54) is 11.1 Å². The Balaban J connectivity index is 2.75. The van der Waals surface area contributed by atoms with Crippen molar-refractivity contribution in [3.8, 4) is 0 Å². The Labute approximate surface area is 112 Å². The van der Waals surface area contributed by atoms with Gasteiger partial charge in [-0.3, -0.25) is 0 Å².